The quantitative estimate of drug-likeness (QED) is 0.735. The number of rotatable bonds is 2. The fraction of sp³-hybridized carbons (Fsp3) is 0.200. The van der Waals surface area contributed by atoms with Crippen molar-refractivity contribution in [3.05, 3.63) is 41.5 Å². The highest BCUT2D eigenvalue weighted by molar-refractivity contribution is 6.16. The van der Waals surface area contributed by atoms with Crippen molar-refractivity contribution in [1.82, 2.24) is 15.0 Å². The Morgan fingerprint density at radius 3 is 2.87 bits per heavy atom. The maximum Gasteiger partial charge on any atom is 0.128 e. The largest absolute Gasteiger partial charge is 0.220 e. The van der Waals surface area contributed by atoms with E-state index in [2.05, 4.69) is 10.3 Å². The summed E-state index contributed by atoms with van der Waals surface area (Å²) < 4.78 is 14.8. The first kappa shape index (κ1) is 10.1. The van der Waals surface area contributed by atoms with E-state index in [0.29, 0.717) is 22.8 Å². The molecule has 0 fully saturated rings. The third-order valence-electron chi connectivity index (χ3n) is 2.10. The summed E-state index contributed by atoms with van der Waals surface area (Å²) in [4.78, 5) is 0. The molecule has 0 amide bonds. The summed E-state index contributed by atoms with van der Waals surface area (Å²) in [7, 11) is 0. The number of aryl methyl sites for hydroxylation is 1. The van der Waals surface area contributed by atoms with Gasteiger partial charge in [0.05, 0.1) is 23.5 Å². The lowest BCUT2D eigenvalue weighted by Gasteiger charge is -2.01. The molecule has 3 nitrogen and oxygen atoms in total. The molecule has 0 spiro atoms. The van der Waals surface area contributed by atoms with Crippen molar-refractivity contribution in [2.45, 2.75) is 12.8 Å². The summed E-state index contributed by atoms with van der Waals surface area (Å²) in [5.41, 5.74) is 1.91. The molecule has 0 N–H and O–H groups in total. The van der Waals surface area contributed by atoms with Gasteiger partial charge in [0.15, 0.2) is 0 Å². The van der Waals surface area contributed by atoms with Crippen LogP contribution < -0.4 is 0 Å². The molecule has 0 bridgehead atoms. The lowest BCUT2D eigenvalue weighted by molar-refractivity contribution is 0.615. The van der Waals surface area contributed by atoms with E-state index in [0.717, 1.165) is 0 Å². The fourth-order valence-corrected chi connectivity index (χ4v) is 1.33. The van der Waals surface area contributed by atoms with Crippen LogP contribution in [0, 0.1) is 12.7 Å². The summed E-state index contributed by atoms with van der Waals surface area (Å²) in [6.07, 6.45) is 1.68. The molecule has 2 aromatic rings. The van der Waals surface area contributed by atoms with E-state index in [9.17, 15) is 4.39 Å². The average molecular weight is 226 g/mol. The number of alkyl halides is 1. The third kappa shape index (κ3) is 1.99. The zero-order valence-electron chi connectivity index (χ0n) is 8.11. The fourth-order valence-electron chi connectivity index (χ4n) is 1.21. The summed E-state index contributed by atoms with van der Waals surface area (Å²) in [6.45, 7) is 1.71. The number of hydrogen-bond donors (Lipinski definition) is 0. The van der Waals surface area contributed by atoms with Crippen molar-refractivity contribution in [2.75, 3.05) is 0 Å². The molecule has 1 heterocycles. The molecule has 0 aliphatic rings. The van der Waals surface area contributed by atoms with Gasteiger partial charge in [-0.3, -0.25) is 0 Å². The minimum absolute atomic E-state index is 0.254. The molecule has 0 aliphatic carbocycles. The van der Waals surface area contributed by atoms with Crippen molar-refractivity contribution >= 4 is 11.6 Å². The Morgan fingerprint density at radius 1 is 1.47 bits per heavy atom. The maximum atomic E-state index is 13.3. The number of nitrogens with zero attached hydrogens (tertiary/aromatic N) is 3. The highest BCUT2D eigenvalue weighted by Gasteiger charge is 2.04. The summed E-state index contributed by atoms with van der Waals surface area (Å²) >= 11 is 5.59. The van der Waals surface area contributed by atoms with Crippen LogP contribution >= 0.6 is 11.6 Å². The van der Waals surface area contributed by atoms with Crippen molar-refractivity contribution in [3.8, 4) is 5.69 Å². The van der Waals surface area contributed by atoms with Gasteiger partial charge in [0.1, 0.15) is 5.82 Å². The molecule has 0 radical (unpaired) electrons. The molecule has 0 saturated heterocycles. The van der Waals surface area contributed by atoms with Gasteiger partial charge in [-0.1, -0.05) is 11.3 Å². The lowest BCUT2D eigenvalue weighted by Crippen LogP contribution is -1.96. The first-order valence-corrected chi connectivity index (χ1v) is 4.98. The average Bonchev–Trinajstić information content (AvgIpc) is 2.70. The summed E-state index contributed by atoms with van der Waals surface area (Å²) in [5, 5.41) is 7.67. The van der Waals surface area contributed by atoms with Crippen LogP contribution in [0.3, 0.4) is 0 Å². The van der Waals surface area contributed by atoms with Gasteiger partial charge in [0.2, 0.25) is 0 Å². The number of halogens is 2. The molecule has 0 atom stereocenters. The minimum Gasteiger partial charge on any atom is -0.220 e. The van der Waals surface area contributed by atoms with E-state index in [1.54, 1.807) is 25.3 Å². The predicted octanol–water partition coefficient (Wildman–Crippen LogP) is 2.45. The van der Waals surface area contributed by atoms with Crippen molar-refractivity contribution in [1.29, 1.82) is 0 Å². The van der Waals surface area contributed by atoms with Crippen LogP contribution in [0.15, 0.2) is 24.4 Å². The summed E-state index contributed by atoms with van der Waals surface area (Å²) in [6, 6.07) is 4.90. The molecule has 78 valence electrons. The second-order valence-corrected chi connectivity index (χ2v) is 3.49. The third-order valence-corrected chi connectivity index (χ3v) is 2.37. The Hall–Kier alpha value is -1.42. The molecular formula is C10H9ClFN3. The molecule has 1 aromatic carbocycles. The maximum absolute atomic E-state index is 13.3. The number of benzene rings is 1. The van der Waals surface area contributed by atoms with Crippen LogP contribution in [0.1, 0.15) is 11.3 Å². The molecule has 0 saturated carbocycles. The highest BCUT2D eigenvalue weighted by Crippen LogP contribution is 2.13. The molecule has 0 aliphatic heterocycles. The van der Waals surface area contributed by atoms with E-state index < -0.39 is 0 Å². The van der Waals surface area contributed by atoms with Gasteiger partial charge in [-0.2, -0.15) is 0 Å². The molecule has 1 aromatic heterocycles. The SMILES string of the molecule is Cc1ccc(-n2cc(CCl)nn2)cc1F. The Kier molecular flexibility index (Phi) is 2.68. The van der Waals surface area contributed by atoms with E-state index in [1.165, 1.54) is 10.7 Å². The first-order valence-electron chi connectivity index (χ1n) is 4.44. The topological polar surface area (TPSA) is 30.7 Å². The van der Waals surface area contributed by atoms with Crippen LogP contribution in [0.2, 0.25) is 0 Å². The normalized spacial score (nSPS) is 10.6. The number of hydrogen-bond acceptors (Lipinski definition) is 2. The zero-order chi connectivity index (χ0) is 10.8. The molecule has 2 rings (SSSR count). The van der Waals surface area contributed by atoms with Crippen LogP contribution in [0.25, 0.3) is 5.69 Å². The van der Waals surface area contributed by atoms with Crippen LogP contribution in [-0.2, 0) is 5.88 Å². The monoisotopic (exact) mass is 225 g/mol. The number of aromatic nitrogens is 3. The second kappa shape index (κ2) is 3.98. The first-order chi connectivity index (χ1) is 7.20. The Morgan fingerprint density at radius 2 is 2.27 bits per heavy atom. The highest BCUT2D eigenvalue weighted by atomic mass is 35.5. The van der Waals surface area contributed by atoms with Gasteiger partial charge < -0.3 is 0 Å². The Bertz CT molecular complexity index is 481. The lowest BCUT2D eigenvalue weighted by atomic mass is 10.2. The standard InChI is InChI=1S/C10H9ClFN3/c1-7-2-3-9(4-10(7)12)15-6-8(5-11)13-14-15/h2-4,6H,5H2,1H3. The van der Waals surface area contributed by atoms with Gasteiger partial charge >= 0.3 is 0 Å². The molecule has 5 heteroatoms. The van der Waals surface area contributed by atoms with E-state index in [4.69, 9.17) is 11.6 Å². The van der Waals surface area contributed by atoms with Crippen LogP contribution in [0.5, 0.6) is 0 Å². The molecular weight excluding hydrogens is 217 g/mol. The summed E-state index contributed by atoms with van der Waals surface area (Å²) in [5.74, 6) is 0.0457. The van der Waals surface area contributed by atoms with Crippen molar-refractivity contribution in [3.63, 3.8) is 0 Å². The van der Waals surface area contributed by atoms with Crippen molar-refractivity contribution < 1.29 is 4.39 Å². The van der Waals surface area contributed by atoms with Gasteiger partial charge in [-0.25, -0.2) is 9.07 Å². The van der Waals surface area contributed by atoms with Crippen LogP contribution in [-0.4, -0.2) is 15.0 Å². The molecule has 15 heavy (non-hydrogen) atoms. The smallest absolute Gasteiger partial charge is 0.128 e. The molecule has 0 unspecified atom stereocenters. The van der Waals surface area contributed by atoms with E-state index in [-0.39, 0.29) is 5.82 Å². The Labute approximate surface area is 91.5 Å². The van der Waals surface area contributed by atoms with E-state index >= 15 is 0 Å². The van der Waals surface area contributed by atoms with E-state index in [1.807, 2.05) is 0 Å². The van der Waals surface area contributed by atoms with Gasteiger partial charge in [0.25, 0.3) is 0 Å². The van der Waals surface area contributed by atoms with Crippen LogP contribution in [0.4, 0.5) is 4.39 Å². The Balaban J connectivity index is 2.40. The van der Waals surface area contributed by atoms with Gasteiger partial charge in [-0.05, 0) is 24.6 Å². The van der Waals surface area contributed by atoms with Crippen molar-refractivity contribution in [2.24, 2.45) is 0 Å². The zero-order valence-corrected chi connectivity index (χ0v) is 8.87. The predicted molar refractivity (Wildman–Crippen MR) is 55.6 cm³/mol. The second-order valence-electron chi connectivity index (χ2n) is 3.22. The van der Waals surface area contributed by atoms with Gasteiger partial charge in [-0.15, -0.1) is 16.7 Å². The van der Waals surface area contributed by atoms with Gasteiger partial charge in [0, 0.05) is 0 Å². The minimum atomic E-state index is -0.254.